The van der Waals surface area contributed by atoms with E-state index in [2.05, 4.69) is 5.32 Å². The molecule has 0 saturated heterocycles. The zero-order chi connectivity index (χ0) is 20.0. The van der Waals surface area contributed by atoms with Crippen molar-refractivity contribution >= 4 is 15.7 Å². The summed E-state index contributed by atoms with van der Waals surface area (Å²) in [4.78, 5) is 0.0753. The van der Waals surface area contributed by atoms with Crippen LogP contribution in [-0.2, 0) is 23.2 Å². The Morgan fingerprint density at radius 3 is 2.29 bits per heavy atom. The van der Waals surface area contributed by atoms with Crippen molar-refractivity contribution < 1.29 is 17.9 Å². The number of hydrogen-bond donors (Lipinski definition) is 2. The number of nitrogens with one attached hydrogen (secondary N) is 1. The first-order valence-electron chi connectivity index (χ1n) is 8.67. The third-order valence-electron chi connectivity index (χ3n) is 4.17. The summed E-state index contributed by atoms with van der Waals surface area (Å²) in [5, 5.41) is 8.38. The Morgan fingerprint density at radius 2 is 1.64 bits per heavy atom. The minimum atomic E-state index is -3.70. The quantitative estimate of drug-likeness (QED) is 0.606. The lowest BCUT2D eigenvalue weighted by atomic mass is 10.1. The molecule has 0 saturated carbocycles. The molecule has 3 aromatic rings. The molecule has 3 rings (SSSR count). The Kier molecular flexibility index (Phi) is 6.18. The van der Waals surface area contributed by atoms with E-state index in [1.165, 1.54) is 12.1 Å². The van der Waals surface area contributed by atoms with Gasteiger partial charge in [0.2, 0.25) is 10.0 Å². The van der Waals surface area contributed by atoms with Gasteiger partial charge in [-0.2, -0.15) is 0 Å². The van der Waals surface area contributed by atoms with Gasteiger partial charge in [0, 0.05) is 17.8 Å². The van der Waals surface area contributed by atoms with Gasteiger partial charge in [0.1, 0.15) is 6.61 Å². The largest absolute Gasteiger partial charge is 0.493 e. The number of para-hydroxylation sites is 1. The fourth-order valence-corrected chi connectivity index (χ4v) is 3.23. The monoisotopic (exact) mass is 398 g/mol. The third-order valence-corrected chi connectivity index (χ3v) is 5.10. The number of anilines is 1. The lowest BCUT2D eigenvalue weighted by Gasteiger charge is -2.16. The van der Waals surface area contributed by atoms with Gasteiger partial charge in [-0.15, -0.1) is 0 Å². The molecule has 0 aliphatic carbocycles. The molecule has 7 heteroatoms. The predicted octanol–water partition coefficient (Wildman–Crippen LogP) is 3.53. The van der Waals surface area contributed by atoms with Crippen LogP contribution in [0.2, 0.25) is 0 Å². The van der Waals surface area contributed by atoms with Crippen LogP contribution in [0.4, 0.5) is 5.69 Å². The Morgan fingerprint density at radius 1 is 0.929 bits per heavy atom. The van der Waals surface area contributed by atoms with E-state index in [1.54, 1.807) is 19.2 Å². The number of sulfonamides is 1. The number of methoxy groups -OCH3 is 1. The van der Waals surface area contributed by atoms with Crippen LogP contribution in [0, 0.1) is 0 Å². The molecule has 3 aromatic carbocycles. The van der Waals surface area contributed by atoms with Gasteiger partial charge in [-0.3, -0.25) is 0 Å². The normalized spacial score (nSPS) is 11.1. The lowest BCUT2D eigenvalue weighted by Crippen LogP contribution is -2.12. The molecule has 0 heterocycles. The van der Waals surface area contributed by atoms with Crippen molar-refractivity contribution in [2.75, 3.05) is 12.4 Å². The molecule has 0 fully saturated rings. The maximum absolute atomic E-state index is 11.4. The maximum Gasteiger partial charge on any atom is 0.238 e. The minimum absolute atomic E-state index is 0.0753. The van der Waals surface area contributed by atoms with Crippen LogP contribution in [0.25, 0.3) is 0 Å². The van der Waals surface area contributed by atoms with E-state index in [4.69, 9.17) is 14.6 Å². The van der Waals surface area contributed by atoms with Gasteiger partial charge in [0.05, 0.1) is 12.0 Å². The number of nitrogens with two attached hydrogens (primary N) is 1. The summed E-state index contributed by atoms with van der Waals surface area (Å²) in [5.74, 6) is 1.32. The Hall–Kier alpha value is -3.03. The highest BCUT2D eigenvalue weighted by Gasteiger charge is 2.12. The molecule has 0 amide bonds. The second kappa shape index (κ2) is 8.77. The average Bonchev–Trinajstić information content (AvgIpc) is 2.71. The van der Waals surface area contributed by atoms with E-state index in [0.29, 0.717) is 24.7 Å². The molecule has 0 atom stereocenters. The number of rotatable bonds is 8. The van der Waals surface area contributed by atoms with E-state index in [1.807, 2.05) is 48.5 Å². The van der Waals surface area contributed by atoms with Gasteiger partial charge in [-0.05, 0) is 35.9 Å². The molecule has 3 N–H and O–H groups in total. The van der Waals surface area contributed by atoms with E-state index in [0.717, 1.165) is 16.8 Å². The summed E-state index contributed by atoms with van der Waals surface area (Å²) in [5.41, 5.74) is 2.75. The summed E-state index contributed by atoms with van der Waals surface area (Å²) in [6, 6.07) is 21.9. The highest BCUT2D eigenvalue weighted by Crippen LogP contribution is 2.32. The molecule has 0 spiro atoms. The molecule has 6 nitrogen and oxygen atoms in total. The van der Waals surface area contributed by atoms with Crippen molar-refractivity contribution in [1.29, 1.82) is 0 Å². The van der Waals surface area contributed by atoms with Crippen molar-refractivity contribution in [2.45, 2.75) is 18.0 Å². The average molecular weight is 398 g/mol. The Balaban J connectivity index is 1.74. The smallest absolute Gasteiger partial charge is 0.238 e. The van der Waals surface area contributed by atoms with E-state index >= 15 is 0 Å². The zero-order valence-corrected chi connectivity index (χ0v) is 16.3. The highest BCUT2D eigenvalue weighted by molar-refractivity contribution is 7.89. The summed E-state index contributed by atoms with van der Waals surface area (Å²) in [6.45, 7) is 0.910. The maximum atomic E-state index is 11.4. The number of benzene rings is 3. The van der Waals surface area contributed by atoms with Gasteiger partial charge >= 0.3 is 0 Å². The molecular formula is C21H22N2O4S. The first kappa shape index (κ1) is 19.7. The summed E-state index contributed by atoms with van der Waals surface area (Å²) in [7, 11) is -2.10. The SMILES string of the molecule is COc1cccc(CNc2ccc(S(N)(=O)=O)cc2)c1OCc1ccccc1. The summed E-state index contributed by atoms with van der Waals surface area (Å²) in [6.07, 6.45) is 0. The molecule has 0 aliphatic heterocycles. The first-order valence-corrected chi connectivity index (χ1v) is 10.2. The van der Waals surface area contributed by atoms with Gasteiger partial charge in [0.15, 0.2) is 11.5 Å². The molecule has 0 bridgehead atoms. The molecule has 0 unspecified atom stereocenters. The first-order chi connectivity index (χ1) is 13.5. The van der Waals surface area contributed by atoms with E-state index < -0.39 is 10.0 Å². The van der Waals surface area contributed by atoms with Crippen LogP contribution < -0.4 is 19.9 Å². The number of hydrogen-bond acceptors (Lipinski definition) is 5. The minimum Gasteiger partial charge on any atom is -0.493 e. The van der Waals surface area contributed by atoms with Crippen LogP contribution >= 0.6 is 0 Å². The van der Waals surface area contributed by atoms with Crippen LogP contribution in [0.15, 0.2) is 77.7 Å². The molecular weight excluding hydrogens is 376 g/mol. The van der Waals surface area contributed by atoms with Gasteiger partial charge in [-0.1, -0.05) is 42.5 Å². The Labute approximate surface area is 165 Å². The summed E-state index contributed by atoms with van der Waals surface area (Å²) >= 11 is 0. The molecule has 0 aliphatic rings. The summed E-state index contributed by atoms with van der Waals surface area (Å²) < 4.78 is 34.2. The van der Waals surface area contributed by atoms with Gasteiger partial charge in [0.25, 0.3) is 0 Å². The lowest BCUT2D eigenvalue weighted by molar-refractivity contribution is 0.281. The second-order valence-corrected chi connectivity index (χ2v) is 7.71. The van der Waals surface area contributed by atoms with Crippen molar-refractivity contribution in [1.82, 2.24) is 0 Å². The molecule has 146 valence electrons. The van der Waals surface area contributed by atoms with E-state index in [-0.39, 0.29) is 4.90 Å². The Bertz CT molecular complexity index is 1020. The van der Waals surface area contributed by atoms with Crippen LogP contribution in [0.3, 0.4) is 0 Å². The fraction of sp³-hybridized carbons (Fsp3) is 0.143. The van der Waals surface area contributed by atoms with Crippen LogP contribution in [0.5, 0.6) is 11.5 Å². The third kappa shape index (κ3) is 5.03. The van der Waals surface area contributed by atoms with Crippen molar-refractivity contribution in [3.8, 4) is 11.5 Å². The zero-order valence-electron chi connectivity index (χ0n) is 15.5. The second-order valence-electron chi connectivity index (χ2n) is 6.15. The van der Waals surface area contributed by atoms with Gasteiger partial charge < -0.3 is 14.8 Å². The van der Waals surface area contributed by atoms with Gasteiger partial charge in [-0.25, -0.2) is 13.6 Å². The number of primary sulfonamides is 1. The van der Waals surface area contributed by atoms with E-state index in [9.17, 15) is 8.42 Å². The van der Waals surface area contributed by atoms with Crippen molar-refractivity contribution in [2.24, 2.45) is 5.14 Å². The standard InChI is InChI=1S/C21H22N2O4S/c1-26-20-9-5-8-17(21(20)27-15-16-6-3-2-4-7-16)14-23-18-10-12-19(13-11-18)28(22,24)25/h2-13,23H,14-15H2,1H3,(H2,22,24,25). The van der Waals surface area contributed by atoms with Crippen molar-refractivity contribution in [3.63, 3.8) is 0 Å². The number of ether oxygens (including phenoxy) is 2. The van der Waals surface area contributed by atoms with Crippen LogP contribution in [0.1, 0.15) is 11.1 Å². The van der Waals surface area contributed by atoms with Crippen molar-refractivity contribution in [3.05, 3.63) is 83.9 Å². The predicted molar refractivity (Wildman–Crippen MR) is 109 cm³/mol. The van der Waals surface area contributed by atoms with Crippen LogP contribution in [-0.4, -0.2) is 15.5 Å². The molecule has 0 radical (unpaired) electrons. The molecule has 0 aromatic heterocycles. The molecule has 28 heavy (non-hydrogen) atoms. The topological polar surface area (TPSA) is 90.6 Å². The highest BCUT2D eigenvalue weighted by atomic mass is 32.2. The fourth-order valence-electron chi connectivity index (χ4n) is 2.71.